The lowest BCUT2D eigenvalue weighted by atomic mass is 9.92. The molecule has 0 saturated carbocycles. The molecule has 0 bridgehead atoms. The van der Waals surface area contributed by atoms with E-state index < -0.39 is 0 Å². The number of aliphatic imine (C=N–C) groups is 1. The van der Waals surface area contributed by atoms with Crippen molar-refractivity contribution in [2.45, 2.75) is 97.3 Å². The van der Waals surface area contributed by atoms with E-state index in [9.17, 15) is 4.39 Å². The molecule has 0 aromatic heterocycles. The second kappa shape index (κ2) is 20.0. The number of nitrogens with two attached hydrogens (primary N) is 1. The smallest absolute Gasteiger partial charge is 0.126 e. The van der Waals surface area contributed by atoms with E-state index in [1.54, 1.807) is 12.3 Å². The molecule has 3 N–H and O–H groups in total. The molecule has 0 heterocycles. The number of halogens is 2. The lowest BCUT2D eigenvalue weighted by Gasteiger charge is -2.15. The van der Waals surface area contributed by atoms with E-state index in [0.717, 1.165) is 56.4 Å². The van der Waals surface area contributed by atoms with Gasteiger partial charge < -0.3 is 11.1 Å². The van der Waals surface area contributed by atoms with Gasteiger partial charge in [-0.05, 0) is 68.3 Å². The molecule has 0 aliphatic rings. The van der Waals surface area contributed by atoms with Crippen molar-refractivity contribution < 1.29 is 4.39 Å². The summed E-state index contributed by atoms with van der Waals surface area (Å²) in [4.78, 5) is 4.38. The summed E-state index contributed by atoms with van der Waals surface area (Å²) in [6.07, 6.45) is 18.1. The van der Waals surface area contributed by atoms with E-state index in [-0.39, 0.29) is 5.82 Å². The fourth-order valence-electron chi connectivity index (χ4n) is 4.11. The predicted molar refractivity (Wildman–Crippen MR) is 144 cm³/mol. The third kappa shape index (κ3) is 15.2. The average Bonchev–Trinajstić information content (AvgIpc) is 2.82. The Morgan fingerprint density at radius 1 is 1.00 bits per heavy atom. The largest absolute Gasteiger partial charge is 0.403 e. The Kier molecular flexibility index (Phi) is 18.0. The quantitative estimate of drug-likeness (QED) is 0.150. The van der Waals surface area contributed by atoms with Crippen molar-refractivity contribution in [1.82, 2.24) is 5.32 Å². The number of hydrogen-bond acceptors (Lipinski definition) is 3. The molecular weight excluding hydrogens is 433 g/mol. The first-order valence-electron chi connectivity index (χ1n) is 13.2. The summed E-state index contributed by atoms with van der Waals surface area (Å²) in [6, 6.07) is 5.83. The standard InChI is InChI=1S/C28H47ClFN3/c1-3-5-7-10-18-32-20-17-26-15-14-25(21-28(26)30)13-9-8-12-24(11-6-4-2)16-19-33-23-27(29)22-31/h14-15,21-24,32H,3-13,16-20,31H2,1-2H3/b27-22+,33-23?. The normalized spacial score (nSPS) is 13.2. The molecule has 0 fully saturated rings. The highest BCUT2D eigenvalue weighted by Gasteiger charge is 2.09. The predicted octanol–water partition coefficient (Wildman–Crippen LogP) is 7.56. The van der Waals surface area contributed by atoms with Crippen molar-refractivity contribution in [3.05, 3.63) is 46.4 Å². The van der Waals surface area contributed by atoms with Gasteiger partial charge >= 0.3 is 0 Å². The number of aryl methyl sites for hydroxylation is 1. The summed E-state index contributed by atoms with van der Waals surface area (Å²) in [6.45, 7) is 7.13. The summed E-state index contributed by atoms with van der Waals surface area (Å²) in [5.41, 5.74) is 7.30. The minimum atomic E-state index is -0.0517. The Hall–Kier alpha value is -1.39. The van der Waals surface area contributed by atoms with Gasteiger partial charge in [0.2, 0.25) is 0 Å². The number of rotatable bonds is 20. The lowest BCUT2D eigenvalue weighted by Crippen LogP contribution is -2.18. The van der Waals surface area contributed by atoms with Crippen LogP contribution in [0.3, 0.4) is 0 Å². The van der Waals surface area contributed by atoms with E-state index in [4.69, 9.17) is 17.3 Å². The number of nitrogens with zero attached hydrogens (tertiary/aromatic N) is 1. The van der Waals surface area contributed by atoms with Crippen LogP contribution in [-0.4, -0.2) is 25.8 Å². The number of nitrogens with one attached hydrogen (secondary N) is 1. The van der Waals surface area contributed by atoms with Gasteiger partial charge in [-0.2, -0.15) is 0 Å². The zero-order valence-corrected chi connectivity index (χ0v) is 21.8. The van der Waals surface area contributed by atoms with Crippen LogP contribution in [0.25, 0.3) is 0 Å². The first-order valence-corrected chi connectivity index (χ1v) is 13.5. The topological polar surface area (TPSA) is 50.4 Å². The first-order chi connectivity index (χ1) is 16.1. The van der Waals surface area contributed by atoms with E-state index in [1.165, 1.54) is 64.0 Å². The van der Waals surface area contributed by atoms with E-state index in [2.05, 4.69) is 30.2 Å². The minimum Gasteiger partial charge on any atom is -0.403 e. The second-order valence-electron chi connectivity index (χ2n) is 9.12. The average molecular weight is 480 g/mol. The zero-order chi connectivity index (χ0) is 24.2. The van der Waals surface area contributed by atoms with Crippen LogP contribution in [0, 0.1) is 11.7 Å². The molecule has 1 aromatic rings. The van der Waals surface area contributed by atoms with Crippen LogP contribution in [0.15, 0.2) is 34.4 Å². The van der Waals surface area contributed by atoms with Crippen LogP contribution >= 0.6 is 11.6 Å². The van der Waals surface area contributed by atoms with Crippen molar-refractivity contribution in [3.8, 4) is 0 Å². The van der Waals surface area contributed by atoms with Gasteiger partial charge in [-0.15, -0.1) is 0 Å². The van der Waals surface area contributed by atoms with Crippen molar-refractivity contribution >= 4 is 17.8 Å². The zero-order valence-electron chi connectivity index (χ0n) is 21.1. The molecule has 0 spiro atoms. The monoisotopic (exact) mass is 479 g/mol. The molecule has 0 amide bonds. The Labute approximate surface area is 207 Å². The van der Waals surface area contributed by atoms with Gasteiger partial charge in [-0.25, -0.2) is 4.39 Å². The second-order valence-corrected chi connectivity index (χ2v) is 9.55. The molecule has 1 unspecified atom stereocenters. The molecule has 0 aliphatic heterocycles. The van der Waals surface area contributed by atoms with Crippen molar-refractivity contribution in [1.29, 1.82) is 0 Å². The maximum Gasteiger partial charge on any atom is 0.126 e. The molecule has 0 saturated heterocycles. The van der Waals surface area contributed by atoms with Gasteiger partial charge in [0.05, 0.1) is 5.03 Å². The van der Waals surface area contributed by atoms with E-state index in [0.29, 0.717) is 11.0 Å². The third-order valence-electron chi connectivity index (χ3n) is 6.23. The van der Waals surface area contributed by atoms with Crippen molar-refractivity contribution in [2.24, 2.45) is 16.6 Å². The van der Waals surface area contributed by atoms with Crippen LogP contribution < -0.4 is 11.1 Å². The Morgan fingerprint density at radius 2 is 1.79 bits per heavy atom. The van der Waals surface area contributed by atoms with Gasteiger partial charge in [0.1, 0.15) is 5.82 Å². The van der Waals surface area contributed by atoms with Crippen LogP contribution in [0.4, 0.5) is 4.39 Å². The summed E-state index contributed by atoms with van der Waals surface area (Å²) in [7, 11) is 0. The van der Waals surface area contributed by atoms with Gasteiger partial charge in [-0.3, -0.25) is 4.99 Å². The Bertz CT molecular complexity index is 675. The molecule has 3 nitrogen and oxygen atoms in total. The molecule has 1 aromatic carbocycles. The number of benzene rings is 1. The maximum absolute atomic E-state index is 14.5. The molecular formula is C28H47ClFN3. The van der Waals surface area contributed by atoms with Gasteiger partial charge in [-0.1, -0.05) is 88.9 Å². The molecule has 0 radical (unpaired) electrons. The molecule has 188 valence electrons. The first kappa shape index (κ1) is 29.6. The van der Waals surface area contributed by atoms with Gasteiger partial charge in [0.25, 0.3) is 0 Å². The summed E-state index contributed by atoms with van der Waals surface area (Å²) >= 11 is 5.86. The van der Waals surface area contributed by atoms with Gasteiger partial charge in [0.15, 0.2) is 0 Å². The SMILES string of the molecule is CCCCCCNCCc1ccc(CCCCC(CCCC)CCN=C/C(Cl)=C\N)cc1F. The summed E-state index contributed by atoms with van der Waals surface area (Å²) in [5, 5.41) is 3.92. The fraction of sp³-hybridized carbons (Fsp3) is 0.679. The molecule has 5 heteroatoms. The van der Waals surface area contributed by atoms with Crippen LogP contribution in [0.1, 0.15) is 95.6 Å². The molecule has 33 heavy (non-hydrogen) atoms. The minimum absolute atomic E-state index is 0.0517. The van der Waals surface area contributed by atoms with E-state index in [1.807, 2.05) is 6.07 Å². The van der Waals surface area contributed by atoms with Gasteiger partial charge in [0, 0.05) is 19.0 Å². The Balaban J connectivity index is 2.31. The van der Waals surface area contributed by atoms with Crippen LogP contribution in [0.2, 0.25) is 0 Å². The third-order valence-corrected chi connectivity index (χ3v) is 6.45. The van der Waals surface area contributed by atoms with Crippen LogP contribution in [-0.2, 0) is 12.8 Å². The lowest BCUT2D eigenvalue weighted by molar-refractivity contribution is 0.396. The number of allylic oxidation sites excluding steroid dienone is 1. The molecule has 1 rings (SSSR count). The molecule has 0 aliphatic carbocycles. The number of unbranched alkanes of at least 4 members (excludes halogenated alkanes) is 5. The summed E-state index contributed by atoms with van der Waals surface area (Å²) in [5.74, 6) is 0.639. The Morgan fingerprint density at radius 3 is 2.52 bits per heavy atom. The maximum atomic E-state index is 14.5. The fourth-order valence-corrected chi connectivity index (χ4v) is 4.18. The highest BCUT2D eigenvalue weighted by Crippen LogP contribution is 2.21. The highest BCUT2D eigenvalue weighted by atomic mass is 35.5. The summed E-state index contributed by atoms with van der Waals surface area (Å²) < 4.78 is 14.5. The van der Waals surface area contributed by atoms with Crippen molar-refractivity contribution in [2.75, 3.05) is 19.6 Å². The number of hydrogen-bond donors (Lipinski definition) is 2. The van der Waals surface area contributed by atoms with Crippen LogP contribution in [0.5, 0.6) is 0 Å². The highest BCUT2D eigenvalue weighted by molar-refractivity contribution is 6.39. The molecule has 1 atom stereocenters. The van der Waals surface area contributed by atoms with E-state index >= 15 is 0 Å². The van der Waals surface area contributed by atoms with Crippen molar-refractivity contribution in [3.63, 3.8) is 0 Å².